The quantitative estimate of drug-likeness (QED) is 0.345. The molecule has 0 fully saturated rings. The summed E-state index contributed by atoms with van der Waals surface area (Å²) in [5.41, 5.74) is 6.19. The van der Waals surface area contributed by atoms with E-state index in [1.165, 1.54) is 10.8 Å². The zero-order valence-electron chi connectivity index (χ0n) is 11.9. The van der Waals surface area contributed by atoms with Gasteiger partial charge in [0, 0.05) is 15.4 Å². The summed E-state index contributed by atoms with van der Waals surface area (Å²) in [5, 5.41) is 2.66. The summed E-state index contributed by atoms with van der Waals surface area (Å²) in [6, 6.07) is 14.7. The number of fused-ring (bicyclic) bond motifs is 1. The van der Waals surface area contributed by atoms with Gasteiger partial charge < -0.3 is 35.3 Å². The Balaban J connectivity index is -0.000000103. The molecule has 6 heteroatoms. The maximum Gasteiger partial charge on any atom is 4.00 e. The van der Waals surface area contributed by atoms with Crippen LogP contribution in [0, 0.1) is 0 Å². The first-order valence-electron chi connectivity index (χ1n) is 5.59. The van der Waals surface area contributed by atoms with Gasteiger partial charge >= 0.3 is 25.8 Å². The topological polar surface area (TPSA) is 40.9 Å². The van der Waals surface area contributed by atoms with Crippen LogP contribution < -0.4 is 24.8 Å². The van der Waals surface area contributed by atoms with Crippen molar-refractivity contribution in [3.05, 3.63) is 48.2 Å². The Bertz CT molecular complexity index is 408. The van der Waals surface area contributed by atoms with Crippen molar-refractivity contribution in [1.29, 1.82) is 0 Å². The van der Waals surface area contributed by atoms with Gasteiger partial charge in [0.25, 0.3) is 0 Å². The van der Waals surface area contributed by atoms with E-state index in [1.54, 1.807) is 6.92 Å². The molecular weight excluding hydrogens is 476 g/mol. The number of carbonyl (C=O) groups is 1. The third-order valence-electron chi connectivity index (χ3n) is 1.87. The van der Waals surface area contributed by atoms with Crippen molar-refractivity contribution in [2.75, 3.05) is 0 Å². The van der Waals surface area contributed by atoms with Gasteiger partial charge in [0.05, 0.1) is 0 Å². The number of halogens is 2. The van der Waals surface area contributed by atoms with Crippen molar-refractivity contribution >= 4 is 26.2 Å². The summed E-state index contributed by atoms with van der Waals surface area (Å²) < 4.78 is 0. The predicted molar refractivity (Wildman–Crippen MR) is 76.6 cm³/mol. The van der Waals surface area contributed by atoms with Crippen LogP contribution >= 0.6 is 0 Å². The molecule has 0 bridgehead atoms. The molecule has 0 heterocycles. The second-order valence-electron chi connectivity index (χ2n) is 3.43. The summed E-state index contributed by atoms with van der Waals surface area (Å²) in [6.45, 7) is 5.97. The van der Waals surface area contributed by atoms with E-state index in [1.807, 2.05) is 0 Å². The fraction of sp³-hybridized carbons (Fsp3) is 0.286. The van der Waals surface area contributed by atoms with Crippen molar-refractivity contribution in [3.63, 3.8) is 0 Å². The molecule has 1 N–H and O–H groups in total. The normalized spacial score (nSPS) is 7.35. The Hall–Kier alpha value is -0.0330. The standard InChI is InChI=1S/C9H7.C3H7NO.C2H6Si.2ClH.Hf/c1-2-5-9-7-3-6-8(9)4-1;1-2-3(4)5;1-3-2;;;/h1-7H;2H2,1H3,(H2,4,5);1-2H3;2*1H;/q-1;;;;;+4/p-3. The largest absolute Gasteiger partial charge is 4.00 e. The molecule has 0 saturated carbocycles. The number of nitrogens with one attached hydrogen (secondary N) is 1. The van der Waals surface area contributed by atoms with Gasteiger partial charge in [-0.15, -0.1) is 29.7 Å². The van der Waals surface area contributed by atoms with Crippen molar-refractivity contribution < 1.29 is 55.5 Å². The Kier molecular flexibility index (Phi) is 26.7. The molecule has 0 aliphatic rings. The van der Waals surface area contributed by atoms with Gasteiger partial charge in [0.2, 0.25) is 0 Å². The van der Waals surface area contributed by atoms with Gasteiger partial charge in [-0.05, 0) is 6.42 Å². The van der Waals surface area contributed by atoms with Gasteiger partial charge in [-0.3, -0.25) is 0 Å². The average Bonchev–Trinajstić information content (AvgIpc) is 2.78. The number of amides is 1. The predicted octanol–water partition coefficient (Wildman–Crippen LogP) is -1.67. The van der Waals surface area contributed by atoms with Crippen LogP contribution in [-0.2, 0) is 30.6 Å². The van der Waals surface area contributed by atoms with Crippen molar-refractivity contribution in [2.45, 2.75) is 26.4 Å². The SMILES string of the molecule is CCC([NH-])=O.C[Si]C.[Cl-].[Cl-].[Hf+4].c1ccc2[cH-]ccc2c1. The molecular formula is C14H19Cl2HfNOSi. The second-order valence-corrected chi connectivity index (χ2v) is 4.43. The minimum absolute atomic E-state index is 0. The first-order chi connectivity index (χ1) is 8.15. The van der Waals surface area contributed by atoms with Gasteiger partial charge in [0.15, 0.2) is 0 Å². The smallest absolute Gasteiger partial charge is 1.00 e. The van der Waals surface area contributed by atoms with Gasteiger partial charge in [-0.1, -0.05) is 26.1 Å². The number of hydrogen-bond donors (Lipinski definition) is 0. The summed E-state index contributed by atoms with van der Waals surface area (Å²) in [5.74, 6) is -0.495. The van der Waals surface area contributed by atoms with E-state index in [2.05, 4.69) is 55.6 Å². The zero-order valence-corrected chi connectivity index (χ0v) is 18.0. The Morgan fingerprint density at radius 2 is 1.65 bits per heavy atom. The zero-order chi connectivity index (χ0) is 13.1. The third-order valence-corrected chi connectivity index (χ3v) is 1.87. The minimum Gasteiger partial charge on any atom is -1.00 e. The molecule has 0 aliphatic heterocycles. The first kappa shape index (κ1) is 28.2. The molecule has 20 heavy (non-hydrogen) atoms. The third kappa shape index (κ3) is 14.4. The molecule has 2 aromatic carbocycles. The van der Waals surface area contributed by atoms with E-state index in [9.17, 15) is 4.79 Å². The Morgan fingerprint density at radius 1 is 1.20 bits per heavy atom. The molecule has 0 aromatic heterocycles. The summed E-state index contributed by atoms with van der Waals surface area (Å²) >= 11 is 0. The van der Waals surface area contributed by atoms with E-state index in [0.29, 0.717) is 6.42 Å². The van der Waals surface area contributed by atoms with E-state index in [0.717, 1.165) is 9.52 Å². The Labute approximate surface area is 155 Å². The molecule has 2 rings (SSSR count). The molecule has 0 saturated heterocycles. The number of rotatable bonds is 1. The number of hydrogen-bond acceptors (Lipinski definition) is 1. The maximum atomic E-state index is 9.48. The fourth-order valence-electron chi connectivity index (χ4n) is 1.07. The van der Waals surface area contributed by atoms with E-state index < -0.39 is 5.91 Å². The molecule has 0 unspecified atom stereocenters. The Morgan fingerprint density at radius 3 is 2.05 bits per heavy atom. The molecule has 2 radical (unpaired) electrons. The van der Waals surface area contributed by atoms with Crippen LogP contribution in [0.25, 0.3) is 16.5 Å². The van der Waals surface area contributed by atoms with Crippen LogP contribution in [0.15, 0.2) is 42.5 Å². The fourth-order valence-corrected chi connectivity index (χ4v) is 1.07. The molecule has 0 aliphatic carbocycles. The van der Waals surface area contributed by atoms with Crippen molar-refractivity contribution in [2.24, 2.45) is 0 Å². The molecule has 1 amide bonds. The van der Waals surface area contributed by atoms with Crippen LogP contribution in [0.1, 0.15) is 13.3 Å². The van der Waals surface area contributed by atoms with Gasteiger partial charge in [-0.2, -0.15) is 17.5 Å². The monoisotopic (exact) mass is 495 g/mol. The molecule has 2 aromatic rings. The molecule has 0 spiro atoms. The van der Waals surface area contributed by atoms with E-state index >= 15 is 0 Å². The van der Waals surface area contributed by atoms with Crippen molar-refractivity contribution in [1.82, 2.24) is 0 Å². The summed E-state index contributed by atoms with van der Waals surface area (Å²) in [6.07, 6.45) is 0.333. The summed E-state index contributed by atoms with van der Waals surface area (Å²) in [7, 11) is 1.08. The van der Waals surface area contributed by atoms with Crippen LogP contribution in [0.5, 0.6) is 0 Å². The second kappa shape index (κ2) is 19.0. The van der Waals surface area contributed by atoms with Crippen LogP contribution in [-0.4, -0.2) is 15.4 Å². The van der Waals surface area contributed by atoms with Crippen LogP contribution in [0.4, 0.5) is 0 Å². The van der Waals surface area contributed by atoms with Crippen molar-refractivity contribution in [3.8, 4) is 0 Å². The van der Waals surface area contributed by atoms with E-state index in [4.69, 9.17) is 5.73 Å². The average molecular weight is 495 g/mol. The van der Waals surface area contributed by atoms with Crippen LogP contribution in [0.3, 0.4) is 0 Å². The van der Waals surface area contributed by atoms with E-state index in [-0.39, 0.29) is 50.7 Å². The molecule has 2 nitrogen and oxygen atoms in total. The first-order valence-corrected chi connectivity index (χ1v) is 7.59. The minimum atomic E-state index is -0.495. The number of benzene rings is 1. The van der Waals surface area contributed by atoms with Gasteiger partial charge in [-0.25, -0.2) is 0 Å². The van der Waals surface area contributed by atoms with Gasteiger partial charge in [0.1, 0.15) is 0 Å². The maximum absolute atomic E-state index is 9.48. The molecule has 0 atom stereocenters. The molecule has 108 valence electrons. The van der Waals surface area contributed by atoms with Crippen LogP contribution in [0.2, 0.25) is 13.1 Å². The number of carbonyl (C=O) groups excluding carboxylic acids is 1. The summed E-state index contributed by atoms with van der Waals surface area (Å²) in [4.78, 5) is 9.48.